The SMILES string of the molecule is C=C/C(C#N)=C(/NC1=CCC(C)=C2NCCCC2=C1C)C(C)=C(C)C.CC. The molecule has 0 bridgehead atoms. The Labute approximate surface area is 165 Å². The van der Waals surface area contributed by atoms with E-state index < -0.39 is 0 Å². The van der Waals surface area contributed by atoms with Crippen molar-refractivity contribution in [1.29, 1.82) is 5.26 Å². The van der Waals surface area contributed by atoms with Crippen molar-refractivity contribution in [2.45, 2.75) is 67.7 Å². The smallest absolute Gasteiger partial charge is 0.101 e. The van der Waals surface area contributed by atoms with Gasteiger partial charge in [-0.25, -0.2) is 0 Å². The van der Waals surface area contributed by atoms with E-state index in [0.29, 0.717) is 5.57 Å². The van der Waals surface area contributed by atoms with Crippen LogP contribution >= 0.6 is 0 Å². The van der Waals surface area contributed by atoms with Crippen molar-refractivity contribution in [3.05, 3.63) is 69.3 Å². The molecule has 1 heterocycles. The van der Waals surface area contributed by atoms with Crippen molar-refractivity contribution in [3.8, 4) is 6.07 Å². The number of rotatable bonds is 4. The van der Waals surface area contributed by atoms with Gasteiger partial charge < -0.3 is 10.6 Å². The lowest BCUT2D eigenvalue weighted by Gasteiger charge is -2.25. The Hall–Kier alpha value is -2.47. The Balaban J connectivity index is 0.00000176. The molecular weight excluding hydrogens is 330 g/mol. The van der Waals surface area contributed by atoms with Crippen molar-refractivity contribution >= 4 is 0 Å². The predicted octanol–water partition coefficient (Wildman–Crippen LogP) is 6.18. The van der Waals surface area contributed by atoms with E-state index in [1.165, 1.54) is 28.0 Å². The summed E-state index contributed by atoms with van der Waals surface area (Å²) in [6, 6.07) is 2.27. The van der Waals surface area contributed by atoms with Gasteiger partial charge in [0, 0.05) is 17.9 Å². The molecule has 0 aromatic carbocycles. The second kappa shape index (κ2) is 10.6. The average Bonchev–Trinajstić information content (AvgIpc) is 2.81. The van der Waals surface area contributed by atoms with Crippen LogP contribution in [0.4, 0.5) is 0 Å². The first kappa shape index (κ1) is 22.6. The van der Waals surface area contributed by atoms with Crippen LogP contribution in [0.15, 0.2) is 69.3 Å². The number of allylic oxidation sites excluding steroid dienone is 8. The summed E-state index contributed by atoms with van der Waals surface area (Å²) in [7, 11) is 0. The van der Waals surface area contributed by atoms with E-state index in [0.717, 1.165) is 42.8 Å². The van der Waals surface area contributed by atoms with Gasteiger partial charge in [-0.05, 0) is 82.2 Å². The van der Waals surface area contributed by atoms with Gasteiger partial charge in [0.15, 0.2) is 0 Å². The highest BCUT2D eigenvalue weighted by molar-refractivity contribution is 5.53. The molecule has 3 nitrogen and oxygen atoms in total. The van der Waals surface area contributed by atoms with E-state index in [-0.39, 0.29) is 0 Å². The minimum atomic E-state index is 0.577. The lowest BCUT2D eigenvalue weighted by Crippen LogP contribution is -2.25. The van der Waals surface area contributed by atoms with E-state index in [4.69, 9.17) is 0 Å². The Morgan fingerprint density at radius 2 is 1.93 bits per heavy atom. The molecule has 1 saturated heterocycles. The molecule has 1 aliphatic carbocycles. The van der Waals surface area contributed by atoms with E-state index in [9.17, 15) is 5.26 Å². The molecule has 3 heteroatoms. The fourth-order valence-corrected chi connectivity index (χ4v) is 3.26. The molecule has 1 fully saturated rings. The average molecular weight is 366 g/mol. The van der Waals surface area contributed by atoms with Crippen molar-refractivity contribution in [3.63, 3.8) is 0 Å². The zero-order valence-corrected chi connectivity index (χ0v) is 18.1. The summed E-state index contributed by atoms with van der Waals surface area (Å²) < 4.78 is 0. The number of piperidine rings is 1. The zero-order chi connectivity index (χ0) is 20.6. The van der Waals surface area contributed by atoms with Crippen molar-refractivity contribution in [1.82, 2.24) is 10.6 Å². The third-order valence-electron chi connectivity index (χ3n) is 5.08. The summed E-state index contributed by atoms with van der Waals surface area (Å²) in [5, 5.41) is 16.6. The molecule has 146 valence electrons. The second-order valence-electron chi connectivity index (χ2n) is 6.97. The highest BCUT2D eigenvalue weighted by Crippen LogP contribution is 2.32. The zero-order valence-electron chi connectivity index (χ0n) is 18.1. The molecule has 0 atom stereocenters. The standard InChI is InChI=1S/C22H29N3.C2H6/c1-7-18(13-23)22(16(5)14(2)3)25-20-11-10-15(4)21-19(17(20)6)9-8-12-24-21;1-2/h7,11,24-25H,1,8-10,12H2,2-6H3;1-2H3/b22-18-;. The highest BCUT2D eigenvalue weighted by Gasteiger charge is 2.21. The van der Waals surface area contributed by atoms with E-state index in [1.54, 1.807) is 6.08 Å². The largest absolute Gasteiger partial charge is 0.385 e. The minimum absolute atomic E-state index is 0.577. The molecule has 0 aromatic rings. The van der Waals surface area contributed by atoms with Gasteiger partial charge in [-0.1, -0.05) is 32.1 Å². The molecule has 0 spiro atoms. The highest BCUT2D eigenvalue weighted by atomic mass is 14.9. The molecule has 0 unspecified atom stereocenters. The second-order valence-corrected chi connectivity index (χ2v) is 6.97. The van der Waals surface area contributed by atoms with Crippen LogP contribution in [0.1, 0.15) is 67.7 Å². The summed E-state index contributed by atoms with van der Waals surface area (Å²) in [6.45, 7) is 19.4. The summed E-state index contributed by atoms with van der Waals surface area (Å²) in [5.74, 6) is 0. The first-order chi connectivity index (χ1) is 12.9. The van der Waals surface area contributed by atoms with Gasteiger partial charge in [-0.15, -0.1) is 0 Å². The van der Waals surface area contributed by atoms with Crippen LogP contribution in [0, 0.1) is 11.3 Å². The van der Waals surface area contributed by atoms with Gasteiger partial charge in [0.2, 0.25) is 0 Å². The Morgan fingerprint density at radius 3 is 2.48 bits per heavy atom. The first-order valence-corrected chi connectivity index (χ1v) is 9.93. The maximum absolute atomic E-state index is 9.52. The van der Waals surface area contributed by atoms with Crippen LogP contribution in [-0.2, 0) is 0 Å². The maximum Gasteiger partial charge on any atom is 0.101 e. The lowest BCUT2D eigenvalue weighted by atomic mass is 9.94. The summed E-state index contributed by atoms with van der Waals surface area (Å²) >= 11 is 0. The van der Waals surface area contributed by atoms with Crippen LogP contribution in [0.3, 0.4) is 0 Å². The van der Waals surface area contributed by atoms with E-state index in [2.05, 4.69) is 64.0 Å². The quantitative estimate of drug-likeness (QED) is 0.462. The molecular formula is C24H35N3. The van der Waals surface area contributed by atoms with Gasteiger partial charge in [0.05, 0.1) is 11.3 Å². The first-order valence-electron chi connectivity index (χ1n) is 9.93. The van der Waals surface area contributed by atoms with Crippen molar-refractivity contribution in [2.24, 2.45) is 0 Å². The number of nitrogens with zero attached hydrogens (tertiary/aromatic N) is 1. The van der Waals surface area contributed by atoms with Gasteiger partial charge in [0.1, 0.15) is 6.07 Å². The maximum atomic E-state index is 9.52. The fraction of sp³-hybridized carbons (Fsp3) is 0.458. The third-order valence-corrected chi connectivity index (χ3v) is 5.08. The molecule has 0 radical (unpaired) electrons. The minimum Gasteiger partial charge on any atom is -0.385 e. The monoisotopic (exact) mass is 365 g/mol. The molecule has 2 aliphatic rings. The Bertz CT molecular complexity index is 773. The van der Waals surface area contributed by atoms with Crippen molar-refractivity contribution in [2.75, 3.05) is 6.54 Å². The molecule has 0 saturated carbocycles. The molecule has 27 heavy (non-hydrogen) atoms. The normalized spacial score (nSPS) is 17.0. The Kier molecular flexibility index (Phi) is 8.88. The molecule has 0 amide bonds. The fourth-order valence-electron chi connectivity index (χ4n) is 3.26. The van der Waals surface area contributed by atoms with Crippen molar-refractivity contribution < 1.29 is 0 Å². The molecule has 2 N–H and O–H groups in total. The van der Waals surface area contributed by atoms with Gasteiger partial charge in [-0.3, -0.25) is 0 Å². The topological polar surface area (TPSA) is 47.9 Å². The van der Waals surface area contributed by atoms with Crippen LogP contribution in [0.2, 0.25) is 0 Å². The molecule has 2 rings (SSSR count). The van der Waals surface area contributed by atoms with Crippen LogP contribution in [-0.4, -0.2) is 6.54 Å². The Morgan fingerprint density at radius 1 is 1.26 bits per heavy atom. The molecule has 0 aromatic heterocycles. The van der Waals surface area contributed by atoms with E-state index >= 15 is 0 Å². The van der Waals surface area contributed by atoms with Crippen LogP contribution in [0.25, 0.3) is 0 Å². The third kappa shape index (κ3) is 5.26. The lowest BCUT2D eigenvalue weighted by molar-refractivity contribution is 0.656. The van der Waals surface area contributed by atoms with Crippen LogP contribution in [0.5, 0.6) is 0 Å². The number of nitrogens with one attached hydrogen (secondary N) is 2. The van der Waals surface area contributed by atoms with Crippen LogP contribution < -0.4 is 10.6 Å². The van der Waals surface area contributed by atoms with E-state index in [1.807, 2.05) is 13.8 Å². The summed E-state index contributed by atoms with van der Waals surface area (Å²) in [5.41, 5.74) is 10.1. The number of hydrogen-bond donors (Lipinski definition) is 2. The summed E-state index contributed by atoms with van der Waals surface area (Å²) in [4.78, 5) is 0. The van der Waals surface area contributed by atoms with Gasteiger partial charge >= 0.3 is 0 Å². The predicted molar refractivity (Wildman–Crippen MR) is 117 cm³/mol. The summed E-state index contributed by atoms with van der Waals surface area (Å²) in [6.07, 6.45) is 7.02. The van der Waals surface area contributed by atoms with Gasteiger partial charge in [0.25, 0.3) is 0 Å². The van der Waals surface area contributed by atoms with Gasteiger partial charge in [-0.2, -0.15) is 5.26 Å². The number of fused-ring (bicyclic) bond motifs is 1. The number of nitriles is 1. The number of hydrogen-bond acceptors (Lipinski definition) is 3. The molecule has 1 aliphatic heterocycles.